The number of rotatable bonds is 6. The first-order valence-corrected chi connectivity index (χ1v) is 7.74. The molecular formula is C16H28N4O2. The van der Waals surface area contributed by atoms with Gasteiger partial charge in [-0.05, 0) is 39.2 Å². The van der Waals surface area contributed by atoms with Crippen LogP contribution in [0.1, 0.15) is 52.7 Å². The van der Waals surface area contributed by atoms with Crippen LogP contribution in [0.25, 0.3) is 0 Å². The molecule has 0 aliphatic heterocycles. The fraction of sp³-hybridized carbons (Fsp3) is 0.688. The van der Waals surface area contributed by atoms with Crippen LogP contribution in [0.2, 0.25) is 0 Å². The van der Waals surface area contributed by atoms with Crippen molar-refractivity contribution >= 4 is 12.0 Å². The van der Waals surface area contributed by atoms with E-state index >= 15 is 0 Å². The number of amides is 1. The van der Waals surface area contributed by atoms with Gasteiger partial charge in [0.25, 0.3) is 0 Å². The summed E-state index contributed by atoms with van der Waals surface area (Å²) < 4.78 is 5.19. The Hall–Kier alpha value is -1.85. The Kier molecular flexibility index (Phi) is 6.59. The molecule has 0 aliphatic rings. The highest BCUT2D eigenvalue weighted by atomic mass is 16.6. The van der Waals surface area contributed by atoms with Gasteiger partial charge in [0.15, 0.2) is 0 Å². The molecule has 1 amide bonds. The van der Waals surface area contributed by atoms with E-state index in [1.54, 1.807) is 6.20 Å². The fourth-order valence-electron chi connectivity index (χ4n) is 1.77. The van der Waals surface area contributed by atoms with Crippen molar-refractivity contribution < 1.29 is 9.53 Å². The summed E-state index contributed by atoms with van der Waals surface area (Å²) in [5.74, 6) is 1.08. The third-order valence-electron chi connectivity index (χ3n) is 3.24. The molecule has 1 atom stereocenters. The van der Waals surface area contributed by atoms with E-state index in [2.05, 4.69) is 29.1 Å². The van der Waals surface area contributed by atoms with E-state index in [-0.39, 0.29) is 0 Å². The molecule has 1 aromatic heterocycles. The number of anilines is 1. The second-order valence-corrected chi connectivity index (χ2v) is 6.44. The number of nitrogens with zero attached hydrogens (tertiary/aromatic N) is 3. The highest BCUT2D eigenvalue weighted by Gasteiger charge is 2.16. The van der Waals surface area contributed by atoms with Crippen LogP contribution < -0.4 is 10.2 Å². The van der Waals surface area contributed by atoms with Gasteiger partial charge in [0.2, 0.25) is 5.95 Å². The van der Waals surface area contributed by atoms with Gasteiger partial charge in [-0.15, -0.1) is 0 Å². The number of nitrogens with one attached hydrogen (secondary N) is 1. The maximum absolute atomic E-state index is 11.6. The van der Waals surface area contributed by atoms with Gasteiger partial charge >= 0.3 is 6.09 Å². The van der Waals surface area contributed by atoms with Crippen LogP contribution in [0.3, 0.4) is 0 Å². The zero-order valence-electron chi connectivity index (χ0n) is 14.5. The lowest BCUT2D eigenvalue weighted by Gasteiger charge is -2.21. The molecule has 124 valence electrons. The zero-order chi connectivity index (χ0) is 16.8. The Bertz CT molecular complexity index is 485. The van der Waals surface area contributed by atoms with Crippen LogP contribution in [-0.4, -0.2) is 41.8 Å². The molecule has 0 bridgehead atoms. The molecule has 1 heterocycles. The summed E-state index contributed by atoms with van der Waals surface area (Å²) in [7, 11) is 1.91. The molecule has 1 rings (SSSR count). The van der Waals surface area contributed by atoms with Crippen molar-refractivity contribution in [3.05, 3.63) is 18.0 Å². The van der Waals surface area contributed by atoms with Crippen LogP contribution >= 0.6 is 0 Å². The second kappa shape index (κ2) is 7.96. The van der Waals surface area contributed by atoms with Crippen LogP contribution in [-0.2, 0) is 4.74 Å². The smallest absolute Gasteiger partial charge is 0.407 e. The number of carbonyl (C=O) groups is 1. The summed E-state index contributed by atoms with van der Waals surface area (Å²) >= 11 is 0. The zero-order valence-corrected chi connectivity index (χ0v) is 14.5. The van der Waals surface area contributed by atoms with Crippen molar-refractivity contribution in [1.29, 1.82) is 0 Å². The summed E-state index contributed by atoms with van der Waals surface area (Å²) in [6, 6.07) is 1.95. The van der Waals surface area contributed by atoms with Crippen LogP contribution in [0.15, 0.2) is 12.3 Å². The lowest BCUT2D eigenvalue weighted by atomic mass is 10.1. The van der Waals surface area contributed by atoms with Gasteiger partial charge in [-0.2, -0.15) is 0 Å². The predicted molar refractivity (Wildman–Crippen MR) is 88.2 cm³/mol. The van der Waals surface area contributed by atoms with Gasteiger partial charge in [-0.1, -0.05) is 13.8 Å². The van der Waals surface area contributed by atoms with Gasteiger partial charge in [-0.3, -0.25) is 0 Å². The van der Waals surface area contributed by atoms with Crippen molar-refractivity contribution in [2.45, 2.75) is 52.6 Å². The minimum absolute atomic E-state index is 0.407. The summed E-state index contributed by atoms with van der Waals surface area (Å²) in [5.41, 5.74) is 0.559. The molecule has 1 aromatic rings. The third-order valence-corrected chi connectivity index (χ3v) is 3.24. The minimum Gasteiger partial charge on any atom is -0.444 e. The topological polar surface area (TPSA) is 67.4 Å². The standard InChI is InChI=1S/C16H28N4O2/c1-7-12(2)13-8-9-17-14(19-13)20(6)11-10-18-15(21)22-16(3,4)5/h8-9,12H,7,10-11H2,1-6H3,(H,18,21). The first-order valence-electron chi connectivity index (χ1n) is 7.74. The maximum atomic E-state index is 11.6. The molecular weight excluding hydrogens is 280 g/mol. The van der Waals surface area contributed by atoms with Gasteiger partial charge in [0.05, 0.1) is 0 Å². The van der Waals surface area contributed by atoms with Gasteiger partial charge in [0.1, 0.15) is 5.60 Å². The summed E-state index contributed by atoms with van der Waals surface area (Å²) in [6.07, 6.45) is 2.41. The Morgan fingerprint density at radius 3 is 2.73 bits per heavy atom. The highest BCUT2D eigenvalue weighted by Crippen LogP contribution is 2.17. The molecule has 0 radical (unpaired) electrons. The van der Waals surface area contributed by atoms with E-state index in [1.807, 2.05) is 38.8 Å². The van der Waals surface area contributed by atoms with E-state index in [0.717, 1.165) is 12.1 Å². The SMILES string of the molecule is CCC(C)c1ccnc(N(C)CCNC(=O)OC(C)(C)C)n1. The van der Waals surface area contributed by atoms with Crippen LogP contribution in [0.4, 0.5) is 10.7 Å². The van der Waals surface area contributed by atoms with E-state index in [4.69, 9.17) is 4.74 Å². The van der Waals surface area contributed by atoms with E-state index in [1.165, 1.54) is 0 Å². The average Bonchev–Trinajstić information content (AvgIpc) is 2.44. The molecule has 6 heteroatoms. The Balaban J connectivity index is 2.49. The predicted octanol–water partition coefficient (Wildman–Crippen LogP) is 2.95. The van der Waals surface area contributed by atoms with Crippen molar-refractivity contribution in [2.24, 2.45) is 0 Å². The molecule has 1 unspecified atom stereocenters. The molecule has 0 saturated carbocycles. The largest absolute Gasteiger partial charge is 0.444 e. The second-order valence-electron chi connectivity index (χ2n) is 6.44. The van der Waals surface area contributed by atoms with E-state index in [9.17, 15) is 4.79 Å². The van der Waals surface area contributed by atoms with Gasteiger partial charge in [-0.25, -0.2) is 14.8 Å². The Morgan fingerprint density at radius 1 is 1.45 bits per heavy atom. The van der Waals surface area contributed by atoms with Crippen molar-refractivity contribution in [1.82, 2.24) is 15.3 Å². The summed E-state index contributed by atoms with van der Waals surface area (Å²) in [5, 5.41) is 2.73. The third kappa shape index (κ3) is 6.28. The molecule has 1 N–H and O–H groups in total. The molecule has 0 aliphatic carbocycles. The average molecular weight is 308 g/mol. The summed E-state index contributed by atoms with van der Waals surface area (Å²) in [4.78, 5) is 22.4. The molecule has 22 heavy (non-hydrogen) atoms. The van der Waals surface area contributed by atoms with Gasteiger partial charge in [0, 0.05) is 32.0 Å². The minimum atomic E-state index is -0.482. The number of carbonyl (C=O) groups excluding carboxylic acids is 1. The normalized spacial score (nSPS) is 12.6. The Labute approximate surface area is 133 Å². The van der Waals surface area contributed by atoms with Crippen LogP contribution in [0.5, 0.6) is 0 Å². The first kappa shape index (κ1) is 18.2. The molecule has 0 aromatic carbocycles. The van der Waals surface area contributed by atoms with Crippen LogP contribution in [0, 0.1) is 0 Å². The molecule has 0 spiro atoms. The molecule has 6 nitrogen and oxygen atoms in total. The number of likely N-dealkylation sites (N-methyl/N-ethyl adjacent to an activating group) is 1. The highest BCUT2D eigenvalue weighted by molar-refractivity contribution is 5.67. The quantitative estimate of drug-likeness (QED) is 0.875. The Morgan fingerprint density at radius 2 is 2.14 bits per heavy atom. The summed E-state index contributed by atoms with van der Waals surface area (Å²) in [6.45, 7) is 10.9. The first-order chi connectivity index (χ1) is 10.2. The van der Waals surface area contributed by atoms with E-state index in [0.29, 0.717) is 25.0 Å². The number of aromatic nitrogens is 2. The maximum Gasteiger partial charge on any atom is 0.407 e. The number of ether oxygens (including phenoxy) is 1. The fourth-order valence-corrected chi connectivity index (χ4v) is 1.77. The lowest BCUT2D eigenvalue weighted by Crippen LogP contribution is -2.37. The molecule has 0 fully saturated rings. The molecule has 0 saturated heterocycles. The van der Waals surface area contributed by atoms with Crippen molar-refractivity contribution in [2.75, 3.05) is 25.0 Å². The number of hydrogen-bond acceptors (Lipinski definition) is 5. The van der Waals surface area contributed by atoms with E-state index < -0.39 is 11.7 Å². The number of hydrogen-bond donors (Lipinski definition) is 1. The lowest BCUT2D eigenvalue weighted by molar-refractivity contribution is 0.0529. The van der Waals surface area contributed by atoms with Crippen molar-refractivity contribution in [3.63, 3.8) is 0 Å². The monoisotopic (exact) mass is 308 g/mol. The van der Waals surface area contributed by atoms with Crippen molar-refractivity contribution in [3.8, 4) is 0 Å². The number of alkyl carbamates (subject to hydrolysis) is 1. The van der Waals surface area contributed by atoms with Gasteiger partial charge < -0.3 is 15.0 Å².